The van der Waals surface area contributed by atoms with Crippen molar-refractivity contribution in [2.75, 3.05) is 0 Å². The summed E-state index contributed by atoms with van der Waals surface area (Å²) in [6, 6.07) is 13.0. The molecule has 0 heterocycles. The summed E-state index contributed by atoms with van der Waals surface area (Å²) in [7, 11) is 0. The fourth-order valence-electron chi connectivity index (χ4n) is 4.61. The van der Waals surface area contributed by atoms with Crippen LogP contribution in [0.4, 0.5) is 0 Å². The quantitative estimate of drug-likeness (QED) is 0.107. The monoisotopic (exact) mass is 437 g/mol. The molecule has 0 aliphatic rings. The summed E-state index contributed by atoms with van der Waals surface area (Å²) in [5.41, 5.74) is 3.07. The Morgan fingerprint density at radius 1 is 0.625 bits per heavy atom. The molecule has 0 spiro atoms. The van der Waals surface area contributed by atoms with Gasteiger partial charge in [0.15, 0.2) is 0 Å². The predicted octanol–water partition coefficient (Wildman–Crippen LogP) is 9.84. The van der Waals surface area contributed by atoms with Gasteiger partial charge >= 0.3 is 0 Å². The molecule has 1 N–H and O–H groups in total. The molecule has 0 fully saturated rings. The van der Waals surface area contributed by atoms with Crippen molar-refractivity contribution in [3.05, 3.63) is 47.5 Å². The predicted molar refractivity (Wildman–Crippen MR) is 141 cm³/mol. The molecule has 0 saturated carbocycles. The van der Waals surface area contributed by atoms with Crippen molar-refractivity contribution in [2.24, 2.45) is 5.16 Å². The number of nitrogens with zero attached hydrogens (tertiary/aromatic N) is 1. The maximum Gasteiger partial charge on any atom is 0.0837 e. The standard InChI is InChI=1S/C30H47NO/c1-3-4-5-6-7-8-9-10-11-12-13-14-15-16-17-18-19-27-20-21-30-25-28(26(2)31-32)22-23-29(30)24-27/h20-25,32H,3-19H2,1-2H3. The lowest BCUT2D eigenvalue weighted by Gasteiger charge is -2.06. The van der Waals surface area contributed by atoms with Gasteiger partial charge in [-0.25, -0.2) is 0 Å². The zero-order valence-electron chi connectivity index (χ0n) is 20.9. The number of unbranched alkanes of at least 4 members (excludes halogenated alkanes) is 15. The van der Waals surface area contributed by atoms with E-state index in [2.05, 4.69) is 42.4 Å². The van der Waals surface area contributed by atoms with Crippen LogP contribution in [0, 0.1) is 0 Å². The van der Waals surface area contributed by atoms with E-state index < -0.39 is 0 Å². The van der Waals surface area contributed by atoms with Crippen molar-refractivity contribution in [3.63, 3.8) is 0 Å². The summed E-state index contributed by atoms with van der Waals surface area (Å²) < 4.78 is 0. The molecule has 2 aromatic carbocycles. The lowest BCUT2D eigenvalue weighted by molar-refractivity contribution is 0.319. The highest BCUT2D eigenvalue weighted by molar-refractivity contribution is 6.01. The summed E-state index contributed by atoms with van der Waals surface area (Å²) >= 11 is 0. The second-order valence-corrected chi connectivity index (χ2v) is 9.63. The van der Waals surface area contributed by atoms with Gasteiger partial charge in [0.1, 0.15) is 0 Å². The zero-order chi connectivity index (χ0) is 22.9. The topological polar surface area (TPSA) is 32.6 Å². The van der Waals surface area contributed by atoms with Gasteiger partial charge < -0.3 is 5.21 Å². The van der Waals surface area contributed by atoms with Gasteiger partial charge in [0.2, 0.25) is 0 Å². The molecular formula is C30H47NO. The Labute approximate surface area is 197 Å². The average molecular weight is 438 g/mol. The van der Waals surface area contributed by atoms with Crippen LogP contribution in [0.5, 0.6) is 0 Å². The molecule has 2 heteroatoms. The molecule has 0 radical (unpaired) electrons. The van der Waals surface area contributed by atoms with Crippen LogP contribution < -0.4 is 0 Å². The Hall–Kier alpha value is -1.83. The molecule has 0 amide bonds. The summed E-state index contributed by atoms with van der Waals surface area (Å²) in [5, 5.41) is 14.7. The van der Waals surface area contributed by atoms with Crippen LogP contribution in [0.1, 0.15) is 128 Å². The highest BCUT2D eigenvalue weighted by atomic mass is 16.4. The van der Waals surface area contributed by atoms with E-state index in [1.807, 2.05) is 13.0 Å². The largest absolute Gasteiger partial charge is 0.411 e. The molecule has 178 valence electrons. The smallest absolute Gasteiger partial charge is 0.0837 e. The lowest BCUT2D eigenvalue weighted by Crippen LogP contribution is -1.94. The summed E-state index contributed by atoms with van der Waals surface area (Å²) in [6.07, 6.45) is 23.9. The third-order valence-electron chi connectivity index (χ3n) is 6.79. The van der Waals surface area contributed by atoms with Gasteiger partial charge in [-0.1, -0.05) is 139 Å². The van der Waals surface area contributed by atoms with E-state index in [1.54, 1.807) is 0 Å². The van der Waals surface area contributed by atoms with Crippen LogP contribution >= 0.6 is 0 Å². The fourth-order valence-corrected chi connectivity index (χ4v) is 4.61. The van der Waals surface area contributed by atoms with Gasteiger partial charge in [-0.05, 0) is 47.7 Å². The maximum absolute atomic E-state index is 8.96. The third kappa shape index (κ3) is 10.7. The van der Waals surface area contributed by atoms with Gasteiger partial charge in [-0.3, -0.25) is 0 Å². The Kier molecular flexibility index (Phi) is 13.8. The highest BCUT2D eigenvalue weighted by Gasteiger charge is 2.02. The average Bonchev–Trinajstić information content (AvgIpc) is 2.82. The summed E-state index contributed by atoms with van der Waals surface area (Å²) in [4.78, 5) is 0. The van der Waals surface area contributed by atoms with Crippen molar-refractivity contribution in [1.82, 2.24) is 0 Å². The molecule has 0 bridgehead atoms. The summed E-state index contributed by atoms with van der Waals surface area (Å²) in [6.45, 7) is 4.12. The van der Waals surface area contributed by atoms with Crippen LogP contribution in [0.25, 0.3) is 10.8 Å². The summed E-state index contributed by atoms with van der Waals surface area (Å²) in [5.74, 6) is 0. The molecule has 32 heavy (non-hydrogen) atoms. The number of fused-ring (bicyclic) bond motifs is 1. The molecule has 2 nitrogen and oxygen atoms in total. The number of hydrogen-bond acceptors (Lipinski definition) is 2. The Morgan fingerprint density at radius 2 is 1.09 bits per heavy atom. The van der Waals surface area contributed by atoms with Crippen LogP contribution in [-0.2, 0) is 6.42 Å². The fraction of sp³-hybridized carbons (Fsp3) is 0.633. The van der Waals surface area contributed by atoms with Crippen molar-refractivity contribution < 1.29 is 5.21 Å². The van der Waals surface area contributed by atoms with E-state index in [1.165, 1.54) is 125 Å². The minimum Gasteiger partial charge on any atom is -0.411 e. The Bertz CT molecular complexity index is 779. The number of aryl methyl sites for hydroxylation is 1. The Balaban J connectivity index is 1.46. The molecule has 0 unspecified atom stereocenters. The highest BCUT2D eigenvalue weighted by Crippen LogP contribution is 2.20. The lowest BCUT2D eigenvalue weighted by atomic mass is 9.99. The SMILES string of the molecule is CCCCCCCCCCCCCCCCCCc1ccc2cc(C(C)=NO)ccc2c1. The molecule has 0 aromatic heterocycles. The molecule has 2 rings (SSSR count). The minimum atomic E-state index is 0.657. The number of hydrogen-bond donors (Lipinski definition) is 1. The van der Waals surface area contributed by atoms with Crippen LogP contribution in [0.3, 0.4) is 0 Å². The molecule has 0 aliphatic carbocycles. The third-order valence-corrected chi connectivity index (χ3v) is 6.79. The minimum absolute atomic E-state index is 0.657. The van der Waals surface area contributed by atoms with Gasteiger partial charge in [0.05, 0.1) is 5.71 Å². The van der Waals surface area contributed by atoms with Crippen molar-refractivity contribution in [1.29, 1.82) is 0 Å². The van der Waals surface area contributed by atoms with Crippen molar-refractivity contribution in [3.8, 4) is 0 Å². The van der Waals surface area contributed by atoms with E-state index in [0.29, 0.717) is 5.71 Å². The first kappa shape index (κ1) is 26.4. The van der Waals surface area contributed by atoms with Gasteiger partial charge in [-0.15, -0.1) is 0 Å². The second kappa shape index (κ2) is 16.8. The molecule has 0 atom stereocenters. The normalized spacial score (nSPS) is 12.0. The van der Waals surface area contributed by atoms with Crippen LogP contribution in [0.15, 0.2) is 41.6 Å². The van der Waals surface area contributed by atoms with E-state index in [4.69, 9.17) is 5.21 Å². The van der Waals surface area contributed by atoms with Gasteiger partial charge in [-0.2, -0.15) is 0 Å². The van der Waals surface area contributed by atoms with Gasteiger partial charge in [0.25, 0.3) is 0 Å². The van der Waals surface area contributed by atoms with E-state index in [9.17, 15) is 0 Å². The molecule has 0 saturated heterocycles. The van der Waals surface area contributed by atoms with Crippen molar-refractivity contribution >= 4 is 16.5 Å². The van der Waals surface area contributed by atoms with E-state index in [-0.39, 0.29) is 0 Å². The van der Waals surface area contributed by atoms with Crippen LogP contribution in [-0.4, -0.2) is 10.9 Å². The Morgan fingerprint density at radius 3 is 1.62 bits per heavy atom. The first-order chi connectivity index (χ1) is 15.7. The number of benzene rings is 2. The molecule has 2 aromatic rings. The van der Waals surface area contributed by atoms with E-state index in [0.717, 1.165) is 5.56 Å². The van der Waals surface area contributed by atoms with Crippen LogP contribution in [0.2, 0.25) is 0 Å². The molecular weight excluding hydrogens is 390 g/mol. The zero-order valence-corrected chi connectivity index (χ0v) is 20.9. The second-order valence-electron chi connectivity index (χ2n) is 9.63. The first-order valence-electron chi connectivity index (χ1n) is 13.5. The maximum atomic E-state index is 8.96. The van der Waals surface area contributed by atoms with Crippen molar-refractivity contribution in [2.45, 2.75) is 123 Å². The van der Waals surface area contributed by atoms with Gasteiger partial charge in [0, 0.05) is 0 Å². The molecule has 0 aliphatic heterocycles. The number of oxime groups is 1. The first-order valence-corrected chi connectivity index (χ1v) is 13.5. The van der Waals surface area contributed by atoms with E-state index >= 15 is 0 Å². The number of rotatable bonds is 18.